The SMILES string of the molecule is FC(F)(F)SCCn1ccc(CNC2CC2)c1. The summed E-state index contributed by atoms with van der Waals surface area (Å²) in [7, 11) is 0. The quantitative estimate of drug-likeness (QED) is 0.850. The maximum absolute atomic E-state index is 11.9. The van der Waals surface area contributed by atoms with Crippen LogP contribution in [-0.2, 0) is 13.1 Å². The number of aromatic nitrogens is 1. The molecule has 2 nitrogen and oxygen atoms in total. The highest BCUT2D eigenvalue weighted by molar-refractivity contribution is 8.00. The molecule has 0 radical (unpaired) electrons. The number of alkyl halides is 3. The first-order valence-corrected chi connectivity index (χ1v) is 6.60. The molecule has 0 aliphatic heterocycles. The highest BCUT2D eigenvalue weighted by atomic mass is 32.2. The largest absolute Gasteiger partial charge is 0.441 e. The number of nitrogens with zero attached hydrogens (tertiary/aromatic N) is 1. The standard InChI is InChI=1S/C11H15F3N2S/c12-11(13,14)17-6-5-16-4-3-9(8-16)7-15-10-1-2-10/h3-4,8,10,15H,1-2,5-7H2. The summed E-state index contributed by atoms with van der Waals surface area (Å²) in [6.07, 6.45) is 6.22. The van der Waals surface area contributed by atoms with E-state index in [0.29, 0.717) is 12.6 Å². The molecule has 1 aliphatic rings. The van der Waals surface area contributed by atoms with Gasteiger partial charge in [-0.1, -0.05) is 0 Å². The van der Waals surface area contributed by atoms with Gasteiger partial charge in [-0.2, -0.15) is 13.2 Å². The van der Waals surface area contributed by atoms with Crippen molar-refractivity contribution in [3.05, 3.63) is 24.0 Å². The molecule has 0 aromatic carbocycles. The first kappa shape index (κ1) is 12.8. The second-order valence-corrected chi connectivity index (χ2v) is 5.37. The van der Waals surface area contributed by atoms with E-state index in [1.165, 1.54) is 12.8 Å². The normalized spacial score (nSPS) is 16.4. The first-order chi connectivity index (χ1) is 8.03. The number of aryl methyl sites for hydroxylation is 1. The van der Waals surface area contributed by atoms with Gasteiger partial charge in [-0.3, -0.25) is 0 Å². The summed E-state index contributed by atoms with van der Waals surface area (Å²) in [6.45, 7) is 1.21. The van der Waals surface area contributed by atoms with Crippen LogP contribution in [0.5, 0.6) is 0 Å². The lowest BCUT2D eigenvalue weighted by molar-refractivity contribution is -0.0328. The lowest BCUT2D eigenvalue weighted by Gasteiger charge is -2.06. The zero-order valence-corrected chi connectivity index (χ0v) is 10.2. The highest BCUT2D eigenvalue weighted by Crippen LogP contribution is 2.30. The van der Waals surface area contributed by atoms with E-state index in [9.17, 15) is 13.2 Å². The van der Waals surface area contributed by atoms with Crippen molar-refractivity contribution >= 4 is 11.8 Å². The van der Waals surface area contributed by atoms with E-state index in [-0.39, 0.29) is 17.5 Å². The smallest absolute Gasteiger partial charge is 0.353 e. The number of hydrogen-bond acceptors (Lipinski definition) is 2. The Labute approximate surface area is 103 Å². The van der Waals surface area contributed by atoms with E-state index in [1.54, 1.807) is 0 Å². The van der Waals surface area contributed by atoms with E-state index in [1.807, 2.05) is 23.0 Å². The summed E-state index contributed by atoms with van der Waals surface area (Å²) in [4.78, 5) is 0. The number of hydrogen-bond donors (Lipinski definition) is 1. The van der Waals surface area contributed by atoms with Crippen LogP contribution < -0.4 is 5.32 Å². The fourth-order valence-corrected chi connectivity index (χ4v) is 2.08. The number of nitrogens with one attached hydrogen (secondary N) is 1. The monoisotopic (exact) mass is 264 g/mol. The molecule has 1 aromatic heterocycles. The van der Waals surface area contributed by atoms with Crippen molar-refractivity contribution in [1.82, 2.24) is 9.88 Å². The lowest BCUT2D eigenvalue weighted by atomic mass is 10.3. The molecule has 17 heavy (non-hydrogen) atoms. The molecule has 1 N–H and O–H groups in total. The first-order valence-electron chi connectivity index (χ1n) is 5.62. The molecule has 96 valence electrons. The van der Waals surface area contributed by atoms with E-state index >= 15 is 0 Å². The van der Waals surface area contributed by atoms with Crippen LogP contribution in [0.4, 0.5) is 13.2 Å². The van der Waals surface area contributed by atoms with Crippen LogP contribution in [0, 0.1) is 0 Å². The van der Waals surface area contributed by atoms with Crippen molar-refractivity contribution in [2.75, 3.05) is 5.75 Å². The highest BCUT2D eigenvalue weighted by Gasteiger charge is 2.27. The zero-order valence-electron chi connectivity index (χ0n) is 9.33. The molecule has 0 unspecified atom stereocenters. The van der Waals surface area contributed by atoms with Crippen molar-refractivity contribution in [2.24, 2.45) is 0 Å². The number of rotatable bonds is 6. The van der Waals surface area contributed by atoms with Crippen LogP contribution in [0.25, 0.3) is 0 Å². The summed E-state index contributed by atoms with van der Waals surface area (Å²) in [5.74, 6) is 0.0632. The Kier molecular flexibility index (Phi) is 4.04. The Morgan fingerprint density at radius 3 is 2.82 bits per heavy atom. The summed E-state index contributed by atoms with van der Waals surface area (Å²) >= 11 is 0.0295. The van der Waals surface area contributed by atoms with Crippen molar-refractivity contribution < 1.29 is 13.2 Å². The van der Waals surface area contributed by atoms with Crippen molar-refractivity contribution in [2.45, 2.75) is 37.5 Å². The zero-order chi connectivity index (χ0) is 12.3. The van der Waals surface area contributed by atoms with Crippen molar-refractivity contribution in [3.8, 4) is 0 Å². The molecule has 0 saturated heterocycles. The van der Waals surface area contributed by atoms with Gasteiger partial charge in [-0.15, -0.1) is 0 Å². The molecule has 1 heterocycles. The molecule has 0 bridgehead atoms. The third kappa shape index (κ3) is 5.04. The van der Waals surface area contributed by atoms with Gasteiger partial charge in [0.1, 0.15) is 0 Å². The Morgan fingerprint density at radius 2 is 2.18 bits per heavy atom. The molecule has 1 aliphatic carbocycles. The maximum atomic E-state index is 11.9. The van der Waals surface area contributed by atoms with Gasteiger partial charge in [0.2, 0.25) is 0 Å². The van der Waals surface area contributed by atoms with Crippen LogP contribution >= 0.6 is 11.8 Å². The maximum Gasteiger partial charge on any atom is 0.441 e. The van der Waals surface area contributed by atoms with Gasteiger partial charge in [0.15, 0.2) is 0 Å². The molecule has 2 rings (SSSR count). The third-order valence-corrected chi connectivity index (χ3v) is 3.31. The van der Waals surface area contributed by atoms with Crippen LogP contribution in [0.1, 0.15) is 18.4 Å². The van der Waals surface area contributed by atoms with Crippen molar-refractivity contribution in [1.29, 1.82) is 0 Å². The summed E-state index contributed by atoms with van der Waals surface area (Å²) < 4.78 is 37.6. The minimum atomic E-state index is -4.12. The Morgan fingerprint density at radius 1 is 1.41 bits per heavy atom. The summed E-state index contributed by atoms with van der Waals surface area (Å²) in [5.41, 5.74) is -2.99. The fourth-order valence-electron chi connectivity index (χ4n) is 1.55. The predicted octanol–water partition coefficient (Wildman–Crippen LogP) is 2.99. The molecule has 1 saturated carbocycles. The molecule has 1 fully saturated rings. The molecule has 0 atom stereocenters. The molecule has 0 amide bonds. The second kappa shape index (κ2) is 5.35. The van der Waals surface area contributed by atoms with Gasteiger partial charge >= 0.3 is 5.51 Å². The second-order valence-electron chi connectivity index (χ2n) is 4.21. The molecule has 0 spiro atoms. The van der Waals surface area contributed by atoms with Gasteiger partial charge in [0.25, 0.3) is 0 Å². The van der Waals surface area contributed by atoms with E-state index in [0.717, 1.165) is 12.1 Å². The molecular weight excluding hydrogens is 249 g/mol. The average molecular weight is 264 g/mol. The van der Waals surface area contributed by atoms with Gasteiger partial charge in [0.05, 0.1) is 0 Å². The van der Waals surface area contributed by atoms with Gasteiger partial charge < -0.3 is 9.88 Å². The topological polar surface area (TPSA) is 17.0 Å². The number of thioether (sulfide) groups is 1. The molecule has 6 heteroatoms. The predicted molar refractivity (Wildman–Crippen MR) is 62.8 cm³/mol. The summed E-state index contributed by atoms with van der Waals surface area (Å²) in [6, 6.07) is 2.60. The van der Waals surface area contributed by atoms with Crippen LogP contribution in [0.3, 0.4) is 0 Å². The minimum Gasteiger partial charge on any atom is -0.353 e. The van der Waals surface area contributed by atoms with Crippen molar-refractivity contribution in [3.63, 3.8) is 0 Å². The van der Waals surface area contributed by atoms with Gasteiger partial charge in [0, 0.05) is 37.3 Å². The van der Waals surface area contributed by atoms with E-state index < -0.39 is 5.51 Å². The summed E-state index contributed by atoms with van der Waals surface area (Å²) in [5, 5.41) is 3.37. The van der Waals surface area contributed by atoms with Gasteiger partial charge in [-0.05, 0) is 36.2 Å². The Bertz CT molecular complexity index is 358. The average Bonchev–Trinajstić information content (AvgIpc) is 2.95. The molecule has 1 aromatic rings. The van der Waals surface area contributed by atoms with E-state index in [2.05, 4.69) is 5.32 Å². The lowest BCUT2D eigenvalue weighted by Crippen LogP contribution is -2.14. The fraction of sp³-hybridized carbons (Fsp3) is 0.636. The number of halogens is 3. The Hall–Kier alpha value is -0.620. The van der Waals surface area contributed by atoms with Crippen LogP contribution in [-0.4, -0.2) is 21.9 Å². The van der Waals surface area contributed by atoms with Crippen LogP contribution in [0.2, 0.25) is 0 Å². The third-order valence-electron chi connectivity index (χ3n) is 2.60. The minimum absolute atomic E-state index is 0.0295. The van der Waals surface area contributed by atoms with E-state index in [4.69, 9.17) is 0 Å². The van der Waals surface area contributed by atoms with Gasteiger partial charge in [-0.25, -0.2) is 0 Å². The van der Waals surface area contributed by atoms with Crippen LogP contribution in [0.15, 0.2) is 18.5 Å². The Balaban J connectivity index is 1.69. The molecular formula is C11H15F3N2S.